The average molecular weight is 736 g/mol. The molecule has 0 atom stereocenters. The maximum absolute atomic E-state index is 2.41. The summed E-state index contributed by atoms with van der Waals surface area (Å²) in [6.45, 7) is 0. The SMILES string of the molecule is c1cc(-c2ccc3ccccc3c2)cc(N(c2cccc(-c3ccc4c(c3)sc3ccccc34)c2)c2cccc(-c3ccc4c(c3)sc3ccccc34)c2)c1. The van der Waals surface area contributed by atoms with Crippen LogP contribution in [0.2, 0.25) is 0 Å². The molecule has 9 aromatic carbocycles. The number of fused-ring (bicyclic) bond motifs is 7. The Bertz CT molecular complexity index is 3080. The van der Waals surface area contributed by atoms with Gasteiger partial charge in [-0.15, -0.1) is 22.7 Å². The van der Waals surface area contributed by atoms with Crippen LogP contribution in [0.4, 0.5) is 17.1 Å². The van der Waals surface area contributed by atoms with Crippen molar-refractivity contribution in [2.75, 3.05) is 4.90 Å². The maximum atomic E-state index is 2.41. The number of benzene rings is 9. The lowest BCUT2D eigenvalue weighted by molar-refractivity contribution is 1.28. The molecule has 11 rings (SSSR count). The first-order chi connectivity index (χ1) is 27.2. The van der Waals surface area contributed by atoms with Crippen LogP contribution in [-0.2, 0) is 0 Å². The van der Waals surface area contributed by atoms with Crippen LogP contribution in [0.1, 0.15) is 0 Å². The quantitative estimate of drug-likeness (QED) is 0.164. The average Bonchev–Trinajstić information content (AvgIpc) is 3.81. The lowest BCUT2D eigenvalue weighted by Crippen LogP contribution is -2.10. The summed E-state index contributed by atoms with van der Waals surface area (Å²) in [5.74, 6) is 0. The van der Waals surface area contributed by atoms with Crippen molar-refractivity contribution < 1.29 is 0 Å². The third-order valence-electron chi connectivity index (χ3n) is 10.8. The highest BCUT2D eigenvalue weighted by Crippen LogP contribution is 2.42. The van der Waals surface area contributed by atoms with Gasteiger partial charge in [-0.2, -0.15) is 0 Å². The number of hydrogen-bond acceptors (Lipinski definition) is 3. The van der Waals surface area contributed by atoms with E-state index in [-0.39, 0.29) is 0 Å². The van der Waals surface area contributed by atoms with Gasteiger partial charge in [0.1, 0.15) is 0 Å². The molecule has 0 aliphatic heterocycles. The van der Waals surface area contributed by atoms with Crippen LogP contribution in [0.25, 0.3) is 84.5 Å². The number of rotatable bonds is 6. The molecule has 0 radical (unpaired) electrons. The van der Waals surface area contributed by atoms with Gasteiger partial charge in [-0.05, 0) is 111 Å². The van der Waals surface area contributed by atoms with Crippen molar-refractivity contribution in [1.82, 2.24) is 0 Å². The van der Waals surface area contributed by atoms with Gasteiger partial charge in [-0.25, -0.2) is 0 Å². The lowest BCUT2D eigenvalue weighted by atomic mass is 9.99. The zero-order valence-electron chi connectivity index (χ0n) is 29.8. The molecule has 0 spiro atoms. The van der Waals surface area contributed by atoms with E-state index in [4.69, 9.17) is 0 Å². The van der Waals surface area contributed by atoms with Crippen LogP contribution < -0.4 is 4.90 Å². The van der Waals surface area contributed by atoms with Crippen molar-refractivity contribution in [3.05, 3.63) is 200 Å². The molecule has 1 nitrogen and oxygen atoms in total. The highest BCUT2D eigenvalue weighted by atomic mass is 32.1. The zero-order valence-corrected chi connectivity index (χ0v) is 31.4. The van der Waals surface area contributed by atoms with Gasteiger partial charge in [-0.3, -0.25) is 0 Å². The van der Waals surface area contributed by atoms with E-state index < -0.39 is 0 Å². The molecule has 0 aliphatic carbocycles. The van der Waals surface area contributed by atoms with Crippen LogP contribution in [-0.4, -0.2) is 0 Å². The smallest absolute Gasteiger partial charge is 0.0467 e. The Labute approximate surface area is 327 Å². The zero-order chi connectivity index (χ0) is 36.3. The summed E-state index contributed by atoms with van der Waals surface area (Å²) < 4.78 is 5.28. The van der Waals surface area contributed by atoms with Crippen LogP contribution in [0.15, 0.2) is 200 Å². The summed E-state index contributed by atoms with van der Waals surface area (Å²) in [6.07, 6.45) is 0. The highest BCUT2D eigenvalue weighted by molar-refractivity contribution is 7.26. The predicted octanol–water partition coefficient (Wildman–Crippen LogP) is 16.0. The number of nitrogens with zero attached hydrogens (tertiary/aromatic N) is 1. The van der Waals surface area contributed by atoms with Crippen molar-refractivity contribution >= 4 is 90.9 Å². The Morgan fingerprint density at radius 3 is 1.18 bits per heavy atom. The van der Waals surface area contributed by atoms with Crippen molar-refractivity contribution in [3.63, 3.8) is 0 Å². The molecule has 0 unspecified atom stereocenters. The second-order valence-electron chi connectivity index (χ2n) is 14.2. The minimum absolute atomic E-state index is 1.11. The Morgan fingerprint density at radius 1 is 0.255 bits per heavy atom. The number of anilines is 3. The molecule has 3 heteroatoms. The van der Waals surface area contributed by atoms with E-state index >= 15 is 0 Å². The standard InChI is InChI=1S/C52H33NS2/c1-2-11-35-28-39(23-22-34(35)10-1)36-12-7-15-42(29-36)53(43-16-8-13-37(30-43)40-24-26-47-45-18-3-5-20-49(45)54-51(47)32-40)44-17-9-14-38(31-44)41-25-27-48-46-19-4-6-21-50(46)55-52(48)33-41/h1-33H. The van der Waals surface area contributed by atoms with Crippen LogP contribution >= 0.6 is 22.7 Å². The maximum Gasteiger partial charge on any atom is 0.0467 e. The molecule has 0 aliphatic rings. The topological polar surface area (TPSA) is 3.24 Å². The van der Waals surface area contributed by atoms with E-state index in [1.807, 2.05) is 22.7 Å². The second kappa shape index (κ2) is 13.1. The van der Waals surface area contributed by atoms with Gasteiger partial charge in [0.05, 0.1) is 0 Å². The van der Waals surface area contributed by atoms with Crippen LogP contribution in [0.5, 0.6) is 0 Å². The first-order valence-corrected chi connectivity index (χ1v) is 20.3. The fourth-order valence-electron chi connectivity index (χ4n) is 8.10. The normalized spacial score (nSPS) is 11.6. The molecule has 55 heavy (non-hydrogen) atoms. The van der Waals surface area contributed by atoms with E-state index in [2.05, 4.69) is 205 Å². The Kier molecular flexibility index (Phi) is 7.61. The van der Waals surface area contributed by atoms with Gasteiger partial charge >= 0.3 is 0 Å². The lowest BCUT2D eigenvalue weighted by Gasteiger charge is -2.27. The van der Waals surface area contributed by atoms with Crippen LogP contribution in [0, 0.1) is 0 Å². The second-order valence-corrected chi connectivity index (χ2v) is 16.3. The number of hydrogen-bond donors (Lipinski definition) is 0. The molecule has 0 amide bonds. The predicted molar refractivity (Wildman–Crippen MR) is 241 cm³/mol. The van der Waals surface area contributed by atoms with Gasteiger partial charge in [0, 0.05) is 57.4 Å². The Hall–Kier alpha value is -6.52. The van der Waals surface area contributed by atoms with E-state index in [1.54, 1.807) is 0 Å². The molecule has 0 saturated heterocycles. The highest BCUT2D eigenvalue weighted by Gasteiger charge is 2.17. The van der Waals surface area contributed by atoms with E-state index in [1.165, 1.54) is 84.5 Å². The minimum atomic E-state index is 1.11. The summed E-state index contributed by atoms with van der Waals surface area (Å²) in [6, 6.07) is 73.6. The summed E-state index contributed by atoms with van der Waals surface area (Å²) in [5.41, 5.74) is 10.6. The summed E-state index contributed by atoms with van der Waals surface area (Å²) in [7, 11) is 0. The van der Waals surface area contributed by atoms with Crippen molar-refractivity contribution in [2.24, 2.45) is 0 Å². The molecule has 0 saturated carbocycles. The van der Waals surface area contributed by atoms with Gasteiger partial charge in [0.15, 0.2) is 0 Å². The first-order valence-electron chi connectivity index (χ1n) is 18.6. The third kappa shape index (κ3) is 5.68. The van der Waals surface area contributed by atoms with Crippen LogP contribution in [0.3, 0.4) is 0 Å². The minimum Gasteiger partial charge on any atom is -0.310 e. The molecule has 11 aromatic rings. The van der Waals surface area contributed by atoms with Gasteiger partial charge < -0.3 is 4.90 Å². The molecular formula is C52H33NS2. The summed E-state index contributed by atoms with van der Waals surface area (Å²) >= 11 is 3.73. The van der Waals surface area contributed by atoms with Crippen molar-refractivity contribution in [2.45, 2.75) is 0 Å². The third-order valence-corrected chi connectivity index (χ3v) is 13.1. The Balaban J connectivity index is 1.05. The van der Waals surface area contributed by atoms with E-state index in [9.17, 15) is 0 Å². The molecule has 0 bridgehead atoms. The molecule has 0 fully saturated rings. The fraction of sp³-hybridized carbons (Fsp3) is 0. The fourth-order valence-corrected chi connectivity index (χ4v) is 10.4. The molecule has 258 valence electrons. The molecular weight excluding hydrogens is 703 g/mol. The van der Waals surface area contributed by atoms with Gasteiger partial charge in [-0.1, -0.05) is 133 Å². The summed E-state index contributed by atoms with van der Waals surface area (Å²) in [4.78, 5) is 2.41. The Morgan fingerprint density at radius 2 is 0.655 bits per heavy atom. The number of thiophene rings is 2. The monoisotopic (exact) mass is 735 g/mol. The largest absolute Gasteiger partial charge is 0.310 e. The summed E-state index contributed by atoms with van der Waals surface area (Å²) in [5, 5.41) is 7.78. The molecule has 2 heterocycles. The molecule has 2 aromatic heterocycles. The van der Waals surface area contributed by atoms with E-state index in [0.717, 1.165) is 17.1 Å². The van der Waals surface area contributed by atoms with Gasteiger partial charge in [0.25, 0.3) is 0 Å². The molecule has 0 N–H and O–H groups in total. The first kappa shape index (κ1) is 32.0. The van der Waals surface area contributed by atoms with Gasteiger partial charge in [0.2, 0.25) is 0 Å². The van der Waals surface area contributed by atoms with Crippen molar-refractivity contribution in [1.29, 1.82) is 0 Å². The van der Waals surface area contributed by atoms with E-state index in [0.29, 0.717) is 0 Å². The van der Waals surface area contributed by atoms with Crippen molar-refractivity contribution in [3.8, 4) is 33.4 Å².